The van der Waals surface area contributed by atoms with Gasteiger partial charge < -0.3 is 14.6 Å². The van der Waals surface area contributed by atoms with Crippen LogP contribution in [-0.4, -0.2) is 73.6 Å². The minimum atomic E-state index is -0.250. The van der Waals surface area contributed by atoms with Gasteiger partial charge in [-0.1, -0.05) is 54.1 Å². The second kappa shape index (κ2) is 11.3. The number of benzene rings is 2. The first-order chi connectivity index (χ1) is 14.2. The van der Waals surface area contributed by atoms with Crippen LogP contribution in [0.15, 0.2) is 54.6 Å². The second-order valence-corrected chi connectivity index (χ2v) is 7.41. The van der Waals surface area contributed by atoms with Crippen LogP contribution in [0.1, 0.15) is 17.2 Å². The highest BCUT2D eigenvalue weighted by atomic mass is 35.5. The van der Waals surface area contributed by atoms with Gasteiger partial charge in [0.15, 0.2) is 6.29 Å². The minimum absolute atomic E-state index is 0.0530. The average molecular weight is 419 g/mol. The Balaban J connectivity index is 0.000000755. The van der Waals surface area contributed by atoms with E-state index in [0.717, 1.165) is 51.0 Å². The fourth-order valence-electron chi connectivity index (χ4n) is 3.82. The van der Waals surface area contributed by atoms with Crippen molar-refractivity contribution in [2.75, 3.05) is 45.9 Å². The molecule has 1 unspecified atom stereocenters. The fraction of sp³-hybridized carbons (Fsp3) is 0.409. The molecule has 2 saturated heterocycles. The van der Waals surface area contributed by atoms with E-state index < -0.39 is 0 Å². The smallest absolute Gasteiger partial charge is 0.290 e. The summed E-state index contributed by atoms with van der Waals surface area (Å²) < 4.78 is 11.2. The number of rotatable bonds is 5. The number of piperazine rings is 1. The first-order valence-corrected chi connectivity index (χ1v) is 10.2. The van der Waals surface area contributed by atoms with Crippen LogP contribution in [0.5, 0.6) is 0 Å². The number of nitrogens with zero attached hydrogens (tertiary/aromatic N) is 2. The van der Waals surface area contributed by atoms with E-state index in [1.165, 1.54) is 11.1 Å². The minimum Gasteiger partial charge on any atom is -0.483 e. The van der Waals surface area contributed by atoms with Crippen LogP contribution in [0.2, 0.25) is 5.02 Å². The topological polar surface area (TPSA) is 62.2 Å². The van der Waals surface area contributed by atoms with E-state index in [1.54, 1.807) is 0 Å². The maximum atomic E-state index is 8.36. The van der Waals surface area contributed by atoms with Crippen LogP contribution >= 0.6 is 11.6 Å². The van der Waals surface area contributed by atoms with Crippen molar-refractivity contribution in [3.05, 3.63) is 70.7 Å². The Kier molecular flexibility index (Phi) is 8.46. The summed E-state index contributed by atoms with van der Waals surface area (Å²) in [5.74, 6) is 0. The highest BCUT2D eigenvalue weighted by molar-refractivity contribution is 6.30. The van der Waals surface area contributed by atoms with Gasteiger partial charge >= 0.3 is 0 Å². The van der Waals surface area contributed by atoms with Gasteiger partial charge in [-0.05, 0) is 23.3 Å². The maximum Gasteiger partial charge on any atom is 0.290 e. The molecule has 2 aliphatic rings. The van der Waals surface area contributed by atoms with Gasteiger partial charge in [0.25, 0.3) is 6.47 Å². The van der Waals surface area contributed by atoms with E-state index in [9.17, 15) is 0 Å². The van der Waals surface area contributed by atoms with E-state index >= 15 is 0 Å². The van der Waals surface area contributed by atoms with Gasteiger partial charge in [0.1, 0.15) is 0 Å². The van der Waals surface area contributed by atoms with Gasteiger partial charge in [0, 0.05) is 37.7 Å². The van der Waals surface area contributed by atoms with Crippen LogP contribution in [0.25, 0.3) is 0 Å². The molecule has 1 atom stereocenters. The van der Waals surface area contributed by atoms with Gasteiger partial charge in [-0.25, -0.2) is 0 Å². The molecule has 0 radical (unpaired) electrons. The lowest BCUT2D eigenvalue weighted by atomic mass is 9.96. The summed E-state index contributed by atoms with van der Waals surface area (Å²) in [7, 11) is 0. The Hall–Kier alpha value is -1.96. The van der Waals surface area contributed by atoms with E-state index in [-0.39, 0.29) is 18.8 Å². The highest BCUT2D eigenvalue weighted by Crippen LogP contribution is 2.30. The molecule has 0 bridgehead atoms. The Morgan fingerprint density at radius 3 is 2.10 bits per heavy atom. The molecule has 4 rings (SSSR count). The average Bonchev–Trinajstić information content (AvgIpc) is 3.25. The molecule has 0 aliphatic carbocycles. The molecule has 0 spiro atoms. The quantitative estimate of drug-likeness (QED) is 0.753. The van der Waals surface area contributed by atoms with E-state index in [2.05, 4.69) is 52.3 Å². The third-order valence-electron chi connectivity index (χ3n) is 5.17. The van der Waals surface area contributed by atoms with Gasteiger partial charge in [-0.15, -0.1) is 0 Å². The van der Waals surface area contributed by atoms with Crippen molar-refractivity contribution in [2.45, 2.75) is 12.3 Å². The standard InChI is InChI=1S/C21H25ClN2O2.CH2O2/c22-19-8-6-18(7-9-19)21(17-4-2-1-3-5-17)24-12-10-23(11-13-24)16-20-25-14-15-26-20;2-1-3/h1-9,20-21H,10-16H2;1H,(H,2,3). The third-order valence-corrected chi connectivity index (χ3v) is 5.42. The molecular formula is C22H27ClN2O4. The lowest BCUT2D eigenvalue weighted by molar-refractivity contribution is -0.122. The molecular weight excluding hydrogens is 392 g/mol. The summed E-state index contributed by atoms with van der Waals surface area (Å²) in [6.45, 7) is 6.16. The molecule has 2 aromatic rings. The van der Waals surface area contributed by atoms with Crippen LogP contribution in [0.3, 0.4) is 0 Å². The van der Waals surface area contributed by atoms with Crippen molar-refractivity contribution >= 4 is 18.1 Å². The second-order valence-electron chi connectivity index (χ2n) is 6.98. The summed E-state index contributed by atoms with van der Waals surface area (Å²) in [5.41, 5.74) is 2.61. The summed E-state index contributed by atoms with van der Waals surface area (Å²) in [5, 5.41) is 7.67. The Bertz CT molecular complexity index is 730. The number of halogens is 1. The predicted molar refractivity (Wildman–Crippen MR) is 112 cm³/mol. The number of carbonyl (C=O) groups is 1. The van der Waals surface area contributed by atoms with Gasteiger partial charge in [0.05, 0.1) is 19.3 Å². The normalized spacial score (nSPS) is 19.3. The molecule has 1 N–H and O–H groups in total. The Morgan fingerprint density at radius 2 is 1.52 bits per heavy atom. The Labute approximate surface area is 176 Å². The molecule has 0 amide bonds. The Morgan fingerprint density at radius 1 is 0.966 bits per heavy atom. The van der Waals surface area contributed by atoms with Crippen LogP contribution in [-0.2, 0) is 14.3 Å². The lowest BCUT2D eigenvalue weighted by Gasteiger charge is -2.40. The molecule has 2 aromatic carbocycles. The molecule has 0 saturated carbocycles. The SMILES string of the molecule is Clc1ccc(C(c2ccccc2)N2CCN(CC3OCCO3)CC2)cc1.O=CO. The van der Waals surface area contributed by atoms with E-state index in [0.29, 0.717) is 0 Å². The van der Waals surface area contributed by atoms with Crippen LogP contribution in [0.4, 0.5) is 0 Å². The molecule has 156 valence electrons. The van der Waals surface area contributed by atoms with E-state index in [1.807, 2.05) is 12.1 Å². The van der Waals surface area contributed by atoms with Crippen molar-refractivity contribution < 1.29 is 19.4 Å². The number of carboxylic acid groups (broad SMARTS) is 1. The van der Waals surface area contributed by atoms with Crippen molar-refractivity contribution in [1.29, 1.82) is 0 Å². The van der Waals surface area contributed by atoms with E-state index in [4.69, 9.17) is 31.0 Å². The zero-order chi connectivity index (χ0) is 20.5. The molecule has 2 aliphatic heterocycles. The van der Waals surface area contributed by atoms with Crippen molar-refractivity contribution in [1.82, 2.24) is 9.80 Å². The molecule has 29 heavy (non-hydrogen) atoms. The van der Waals surface area contributed by atoms with Crippen LogP contribution < -0.4 is 0 Å². The summed E-state index contributed by atoms with van der Waals surface area (Å²) in [4.78, 5) is 13.4. The van der Waals surface area contributed by atoms with Crippen LogP contribution in [0, 0.1) is 0 Å². The number of hydrogen-bond donors (Lipinski definition) is 1. The third kappa shape index (κ3) is 6.26. The zero-order valence-electron chi connectivity index (χ0n) is 16.3. The number of hydrogen-bond acceptors (Lipinski definition) is 5. The maximum absolute atomic E-state index is 8.36. The summed E-state index contributed by atoms with van der Waals surface area (Å²) in [6, 6.07) is 19.2. The van der Waals surface area contributed by atoms with Crippen molar-refractivity contribution in [2.24, 2.45) is 0 Å². The highest BCUT2D eigenvalue weighted by Gasteiger charge is 2.28. The fourth-order valence-corrected chi connectivity index (χ4v) is 3.95. The molecule has 2 fully saturated rings. The lowest BCUT2D eigenvalue weighted by Crippen LogP contribution is -2.49. The molecule has 7 heteroatoms. The molecule has 0 aromatic heterocycles. The van der Waals surface area contributed by atoms with Gasteiger partial charge in [-0.2, -0.15) is 0 Å². The molecule has 2 heterocycles. The predicted octanol–water partition coefficient (Wildman–Crippen LogP) is 3.12. The summed E-state index contributed by atoms with van der Waals surface area (Å²) >= 11 is 6.10. The largest absolute Gasteiger partial charge is 0.483 e. The first-order valence-electron chi connectivity index (χ1n) is 9.79. The zero-order valence-corrected chi connectivity index (χ0v) is 17.1. The van der Waals surface area contributed by atoms with Crippen molar-refractivity contribution in [3.8, 4) is 0 Å². The first kappa shape index (κ1) is 21.7. The van der Waals surface area contributed by atoms with Gasteiger partial charge in [-0.3, -0.25) is 14.6 Å². The molecule has 6 nitrogen and oxygen atoms in total. The monoisotopic (exact) mass is 418 g/mol. The number of ether oxygens (including phenoxy) is 2. The van der Waals surface area contributed by atoms with Gasteiger partial charge in [0.2, 0.25) is 0 Å². The summed E-state index contributed by atoms with van der Waals surface area (Å²) in [6.07, 6.45) is -0.0530. The van der Waals surface area contributed by atoms with Crippen molar-refractivity contribution in [3.63, 3.8) is 0 Å².